The van der Waals surface area contributed by atoms with Crippen molar-refractivity contribution >= 4 is 11.6 Å². The number of hydrogen-bond acceptors (Lipinski definition) is 5. The molecule has 5 rings (SSSR count). The topological polar surface area (TPSA) is 76.5 Å². The van der Waals surface area contributed by atoms with E-state index in [2.05, 4.69) is 15.1 Å². The molecule has 4 aromatic rings. The summed E-state index contributed by atoms with van der Waals surface area (Å²) in [6, 6.07) is 11.5. The van der Waals surface area contributed by atoms with Crippen molar-refractivity contribution in [3.8, 4) is 11.1 Å². The van der Waals surface area contributed by atoms with Crippen LogP contribution in [0.3, 0.4) is 0 Å². The Hall–Kier alpha value is -3.48. The molecular weight excluding hydrogens is 354 g/mol. The van der Waals surface area contributed by atoms with Gasteiger partial charge in [-0.25, -0.2) is 9.50 Å². The van der Waals surface area contributed by atoms with Gasteiger partial charge in [-0.1, -0.05) is 6.07 Å². The van der Waals surface area contributed by atoms with Gasteiger partial charge in [0.2, 0.25) is 0 Å². The molecule has 1 fully saturated rings. The lowest BCUT2D eigenvalue weighted by atomic mass is 10.1. The smallest absolute Gasteiger partial charge is 0.289 e. The van der Waals surface area contributed by atoms with Crippen LogP contribution in [0, 0.1) is 6.92 Å². The molecule has 28 heavy (non-hydrogen) atoms. The van der Waals surface area contributed by atoms with Crippen molar-refractivity contribution in [1.82, 2.24) is 24.5 Å². The number of hydrogen-bond donors (Lipinski definition) is 0. The number of aryl methyl sites for hydroxylation is 1. The lowest BCUT2D eigenvalue weighted by Crippen LogP contribution is -2.28. The van der Waals surface area contributed by atoms with Gasteiger partial charge in [0.1, 0.15) is 5.76 Å². The van der Waals surface area contributed by atoms with Gasteiger partial charge in [-0.05, 0) is 43.7 Å². The van der Waals surface area contributed by atoms with Crippen molar-refractivity contribution in [1.29, 1.82) is 0 Å². The molecule has 0 aromatic carbocycles. The third-order valence-corrected chi connectivity index (χ3v) is 5.13. The average molecular weight is 373 g/mol. The van der Waals surface area contributed by atoms with Crippen molar-refractivity contribution in [3.05, 3.63) is 72.3 Å². The highest BCUT2D eigenvalue weighted by molar-refractivity contribution is 5.91. The summed E-state index contributed by atoms with van der Waals surface area (Å²) in [5, 5.41) is 4.68. The summed E-state index contributed by atoms with van der Waals surface area (Å²) in [4.78, 5) is 23.3. The second-order valence-electron chi connectivity index (χ2n) is 7.08. The van der Waals surface area contributed by atoms with Gasteiger partial charge in [0, 0.05) is 48.7 Å². The second-order valence-corrected chi connectivity index (χ2v) is 7.08. The first-order valence-electron chi connectivity index (χ1n) is 9.30. The number of nitrogens with zero attached hydrogens (tertiary/aromatic N) is 5. The number of furan rings is 1. The minimum atomic E-state index is -0.0711. The number of aromatic nitrogens is 4. The van der Waals surface area contributed by atoms with Gasteiger partial charge in [-0.2, -0.15) is 5.10 Å². The summed E-state index contributed by atoms with van der Waals surface area (Å²) in [6.45, 7) is 3.12. The molecule has 1 atom stereocenters. The van der Waals surface area contributed by atoms with Crippen LogP contribution in [0.25, 0.3) is 16.8 Å². The van der Waals surface area contributed by atoms with Gasteiger partial charge in [-0.15, -0.1) is 0 Å². The molecule has 5 heterocycles. The molecule has 140 valence electrons. The maximum atomic E-state index is 12.6. The zero-order chi connectivity index (χ0) is 19.1. The molecule has 0 radical (unpaired) electrons. The standard InChI is InChI=1S/C21H19N5O2/c1-14-4-6-18(28-14)21(27)25-10-8-17(12-25)20-23-19-7-5-16(13-26(19)24-20)15-3-2-9-22-11-15/h2-7,9,11,13,17H,8,10,12H2,1H3. The molecule has 0 N–H and O–H groups in total. The van der Waals surface area contributed by atoms with E-state index in [0.29, 0.717) is 18.8 Å². The maximum Gasteiger partial charge on any atom is 0.289 e. The van der Waals surface area contributed by atoms with Gasteiger partial charge >= 0.3 is 0 Å². The first kappa shape index (κ1) is 16.7. The van der Waals surface area contributed by atoms with Crippen LogP contribution in [0.1, 0.15) is 34.5 Å². The highest BCUT2D eigenvalue weighted by atomic mass is 16.3. The second kappa shape index (κ2) is 6.60. The lowest BCUT2D eigenvalue weighted by Gasteiger charge is -2.13. The maximum absolute atomic E-state index is 12.6. The predicted octanol–water partition coefficient (Wildman–Crippen LogP) is 3.32. The quantitative estimate of drug-likeness (QED) is 0.551. The molecule has 1 aliphatic heterocycles. The van der Waals surface area contributed by atoms with Crippen LogP contribution in [-0.2, 0) is 0 Å². The van der Waals surface area contributed by atoms with Gasteiger partial charge in [0.25, 0.3) is 5.91 Å². The highest BCUT2D eigenvalue weighted by Gasteiger charge is 2.31. The van der Waals surface area contributed by atoms with Crippen molar-refractivity contribution in [2.45, 2.75) is 19.3 Å². The van der Waals surface area contributed by atoms with Gasteiger partial charge < -0.3 is 9.32 Å². The Labute approximate surface area is 161 Å². The molecule has 1 unspecified atom stereocenters. The van der Waals surface area contributed by atoms with Gasteiger partial charge in [-0.3, -0.25) is 9.78 Å². The van der Waals surface area contributed by atoms with Crippen molar-refractivity contribution < 1.29 is 9.21 Å². The molecule has 0 saturated carbocycles. The predicted molar refractivity (Wildman–Crippen MR) is 103 cm³/mol. The molecule has 0 bridgehead atoms. The van der Waals surface area contributed by atoms with Crippen molar-refractivity contribution in [2.75, 3.05) is 13.1 Å². The fourth-order valence-corrected chi connectivity index (χ4v) is 3.64. The minimum Gasteiger partial charge on any atom is -0.456 e. The fraction of sp³-hybridized carbons (Fsp3) is 0.238. The zero-order valence-corrected chi connectivity index (χ0v) is 15.4. The van der Waals surface area contributed by atoms with Crippen LogP contribution in [-0.4, -0.2) is 43.5 Å². The summed E-state index contributed by atoms with van der Waals surface area (Å²) in [7, 11) is 0. The number of amides is 1. The SMILES string of the molecule is Cc1ccc(C(=O)N2CCC(c3nc4ccc(-c5cccnc5)cn4n3)C2)o1. The molecular formula is C21H19N5O2. The monoisotopic (exact) mass is 373 g/mol. The zero-order valence-electron chi connectivity index (χ0n) is 15.4. The summed E-state index contributed by atoms with van der Waals surface area (Å²) in [6.07, 6.45) is 6.40. The van der Waals surface area contributed by atoms with E-state index in [1.165, 1.54) is 0 Å². The highest BCUT2D eigenvalue weighted by Crippen LogP contribution is 2.27. The summed E-state index contributed by atoms with van der Waals surface area (Å²) in [5.41, 5.74) is 2.87. The summed E-state index contributed by atoms with van der Waals surface area (Å²) < 4.78 is 7.27. The van der Waals surface area contributed by atoms with Crippen LogP contribution in [0.2, 0.25) is 0 Å². The van der Waals surface area contributed by atoms with Gasteiger partial charge in [0.15, 0.2) is 17.2 Å². The molecule has 0 spiro atoms. The number of fused-ring (bicyclic) bond motifs is 1. The Morgan fingerprint density at radius 2 is 2.11 bits per heavy atom. The Kier molecular flexibility index (Phi) is 3.93. The summed E-state index contributed by atoms with van der Waals surface area (Å²) in [5.74, 6) is 1.96. The Balaban J connectivity index is 1.37. The fourth-order valence-electron chi connectivity index (χ4n) is 3.64. The third-order valence-electron chi connectivity index (χ3n) is 5.13. The molecule has 7 heteroatoms. The van der Waals surface area contributed by atoms with Crippen molar-refractivity contribution in [2.24, 2.45) is 0 Å². The molecule has 4 aromatic heterocycles. The third kappa shape index (κ3) is 2.94. The van der Waals surface area contributed by atoms with E-state index in [1.807, 2.05) is 54.5 Å². The van der Waals surface area contributed by atoms with Crippen LogP contribution in [0.15, 0.2) is 59.4 Å². The number of carbonyl (C=O) groups excluding carboxylic acids is 1. The molecule has 1 aliphatic rings. The molecule has 1 amide bonds. The minimum absolute atomic E-state index is 0.0711. The molecule has 7 nitrogen and oxygen atoms in total. The average Bonchev–Trinajstić information content (AvgIpc) is 3.46. The van der Waals surface area contributed by atoms with Gasteiger partial charge in [0.05, 0.1) is 0 Å². The van der Waals surface area contributed by atoms with Crippen LogP contribution >= 0.6 is 0 Å². The van der Waals surface area contributed by atoms with Crippen LogP contribution in [0.4, 0.5) is 0 Å². The Bertz CT molecular complexity index is 1150. The van der Waals surface area contributed by atoms with E-state index in [9.17, 15) is 4.79 Å². The van der Waals surface area contributed by atoms with E-state index < -0.39 is 0 Å². The van der Waals surface area contributed by atoms with E-state index in [1.54, 1.807) is 16.8 Å². The van der Waals surface area contributed by atoms with Crippen molar-refractivity contribution in [3.63, 3.8) is 0 Å². The molecule has 1 saturated heterocycles. The number of pyridine rings is 2. The first-order valence-corrected chi connectivity index (χ1v) is 9.30. The first-order chi connectivity index (χ1) is 13.7. The number of carbonyl (C=O) groups is 1. The number of likely N-dealkylation sites (tertiary alicyclic amines) is 1. The van der Waals surface area contributed by atoms with E-state index >= 15 is 0 Å². The van der Waals surface area contributed by atoms with E-state index in [-0.39, 0.29) is 11.8 Å². The van der Waals surface area contributed by atoms with Crippen LogP contribution < -0.4 is 0 Å². The lowest BCUT2D eigenvalue weighted by molar-refractivity contribution is 0.0757. The Morgan fingerprint density at radius 1 is 1.18 bits per heavy atom. The normalized spacial score (nSPS) is 16.8. The Morgan fingerprint density at radius 3 is 2.89 bits per heavy atom. The van der Waals surface area contributed by atoms with E-state index in [4.69, 9.17) is 4.42 Å². The largest absolute Gasteiger partial charge is 0.456 e. The van der Waals surface area contributed by atoms with E-state index in [0.717, 1.165) is 34.8 Å². The summed E-state index contributed by atoms with van der Waals surface area (Å²) >= 11 is 0. The van der Waals surface area contributed by atoms with Crippen LogP contribution in [0.5, 0.6) is 0 Å². The molecule has 0 aliphatic carbocycles. The number of rotatable bonds is 3.